The number of nitrogens with zero attached hydrogens (tertiary/aromatic N) is 2. The van der Waals surface area contributed by atoms with Crippen molar-refractivity contribution in [2.45, 2.75) is 25.8 Å². The molecule has 2 aromatic carbocycles. The summed E-state index contributed by atoms with van der Waals surface area (Å²) in [5.74, 6) is -0.0758. The molecule has 1 aliphatic heterocycles. The van der Waals surface area contributed by atoms with Gasteiger partial charge in [0.05, 0.1) is 13.3 Å². The fraction of sp³-hybridized carbons (Fsp3) is 0.318. The van der Waals surface area contributed by atoms with E-state index in [2.05, 4.69) is 45.5 Å². The number of aromatic nitrogens is 2. The summed E-state index contributed by atoms with van der Waals surface area (Å²) in [6.07, 6.45) is 5.80. The highest BCUT2D eigenvalue weighted by molar-refractivity contribution is 5.70. The summed E-state index contributed by atoms with van der Waals surface area (Å²) in [4.78, 5) is 2.40. The summed E-state index contributed by atoms with van der Waals surface area (Å²) in [6.45, 7) is 4.08. The highest BCUT2D eigenvalue weighted by Gasteiger charge is 2.23. The molecule has 146 valence electrons. The molecule has 0 saturated carbocycles. The van der Waals surface area contributed by atoms with Gasteiger partial charge in [0.25, 0.3) is 0 Å². The SMILES string of the molecule is CCc1cc(N2CCC(Nc3ccc(F)c(OC)c3)C2)ccc1-c1cn[nH]c1. The number of anilines is 2. The lowest BCUT2D eigenvalue weighted by Crippen LogP contribution is -2.26. The fourth-order valence-electron chi connectivity index (χ4n) is 3.85. The van der Waals surface area contributed by atoms with Gasteiger partial charge in [-0.3, -0.25) is 5.10 Å². The zero-order chi connectivity index (χ0) is 19.5. The Morgan fingerprint density at radius 3 is 2.93 bits per heavy atom. The Morgan fingerprint density at radius 1 is 1.29 bits per heavy atom. The fourth-order valence-corrected chi connectivity index (χ4v) is 3.85. The Kier molecular flexibility index (Phi) is 5.19. The summed E-state index contributed by atoms with van der Waals surface area (Å²) in [7, 11) is 1.48. The van der Waals surface area contributed by atoms with E-state index >= 15 is 0 Å². The van der Waals surface area contributed by atoms with Gasteiger partial charge < -0.3 is 15.0 Å². The van der Waals surface area contributed by atoms with Gasteiger partial charge in [0.1, 0.15) is 0 Å². The number of halogens is 1. The second kappa shape index (κ2) is 7.92. The van der Waals surface area contributed by atoms with Crippen molar-refractivity contribution < 1.29 is 9.13 Å². The molecule has 1 atom stereocenters. The molecule has 5 nitrogen and oxygen atoms in total. The monoisotopic (exact) mass is 380 g/mol. The molecule has 6 heteroatoms. The van der Waals surface area contributed by atoms with Gasteiger partial charge in [-0.2, -0.15) is 5.10 Å². The van der Waals surface area contributed by atoms with Crippen molar-refractivity contribution in [1.29, 1.82) is 0 Å². The van der Waals surface area contributed by atoms with Crippen molar-refractivity contribution >= 4 is 11.4 Å². The van der Waals surface area contributed by atoms with Crippen molar-refractivity contribution in [2.24, 2.45) is 0 Å². The Balaban J connectivity index is 1.47. The van der Waals surface area contributed by atoms with E-state index in [1.807, 2.05) is 12.4 Å². The number of aromatic amines is 1. The van der Waals surface area contributed by atoms with Crippen LogP contribution in [0.25, 0.3) is 11.1 Å². The number of nitrogens with one attached hydrogen (secondary N) is 2. The maximum Gasteiger partial charge on any atom is 0.165 e. The molecule has 0 bridgehead atoms. The highest BCUT2D eigenvalue weighted by Crippen LogP contribution is 2.30. The van der Waals surface area contributed by atoms with E-state index in [1.165, 1.54) is 30.0 Å². The van der Waals surface area contributed by atoms with Gasteiger partial charge in [-0.05, 0) is 48.2 Å². The van der Waals surface area contributed by atoms with Crippen molar-refractivity contribution in [1.82, 2.24) is 10.2 Å². The Labute approximate surface area is 164 Å². The molecule has 2 heterocycles. The van der Waals surface area contributed by atoms with Gasteiger partial charge in [0.15, 0.2) is 11.6 Å². The van der Waals surface area contributed by atoms with Gasteiger partial charge in [0.2, 0.25) is 0 Å². The molecule has 0 spiro atoms. The number of benzene rings is 2. The minimum Gasteiger partial charge on any atom is -0.494 e. The average molecular weight is 380 g/mol. The minimum absolute atomic E-state index is 0.266. The van der Waals surface area contributed by atoms with Crippen LogP contribution in [0, 0.1) is 5.82 Å². The molecule has 1 fully saturated rings. The molecule has 0 radical (unpaired) electrons. The third-order valence-electron chi connectivity index (χ3n) is 5.35. The maximum absolute atomic E-state index is 13.6. The topological polar surface area (TPSA) is 53.2 Å². The van der Waals surface area contributed by atoms with Crippen molar-refractivity contribution in [3.8, 4) is 16.9 Å². The first-order chi connectivity index (χ1) is 13.7. The summed E-state index contributed by atoms with van der Waals surface area (Å²) in [6, 6.07) is 11.9. The number of methoxy groups -OCH3 is 1. The van der Waals surface area contributed by atoms with Crippen LogP contribution in [0.5, 0.6) is 5.75 Å². The van der Waals surface area contributed by atoms with E-state index in [1.54, 1.807) is 12.1 Å². The molecule has 0 amide bonds. The minimum atomic E-state index is -0.342. The lowest BCUT2D eigenvalue weighted by molar-refractivity contribution is 0.387. The van der Waals surface area contributed by atoms with E-state index < -0.39 is 0 Å². The molecule has 3 aromatic rings. The predicted molar refractivity (Wildman–Crippen MR) is 111 cm³/mol. The Bertz CT molecular complexity index is 942. The summed E-state index contributed by atoms with van der Waals surface area (Å²) >= 11 is 0. The number of hydrogen-bond donors (Lipinski definition) is 2. The second-order valence-corrected chi connectivity index (χ2v) is 7.11. The van der Waals surface area contributed by atoms with E-state index in [9.17, 15) is 4.39 Å². The van der Waals surface area contributed by atoms with Gasteiger partial charge in [-0.25, -0.2) is 4.39 Å². The van der Waals surface area contributed by atoms with E-state index in [4.69, 9.17) is 4.74 Å². The van der Waals surface area contributed by atoms with Gasteiger partial charge in [0, 0.05) is 48.3 Å². The predicted octanol–water partition coefficient (Wildman–Crippen LogP) is 4.48. The molecule has 28 heavy (non-hydrogen) atoms. The first kappa shape index (κ1) is 18.3. The van der Waals surface area contributed by atoms with Crippen LogP contribution in [-0.4, -0.2) is 36.4 Å². The lowest BCUT2D eigenvalue weighted by atomic mass is 9.99. The molecule has 2 N–H and O–H groups in total. The van der Waals surface area contributed by atoms with Crippen LogP contribution in [0.3, 0.4) is 0 Å². The zero-order valence-electron chi connectivity index (χ0n) is 16.2. The second-order valence-electron chi connectivity index (χ2n) is 7.11. The van der Waals surface area contributed by atoms with E-state index in [0.717, 1.165) is 37.2 Å². The molecule has 0 aliphatic carbocycles. The van der Waals surface area contributed by atoms with Crippen LogP contribution in [-0.2, 0) is 6.42 Å². The molecular weight excluding hydrogens is 355 g/mol. The average Bonchev–Trinajstić information content (AvgIpc) is 3.41. The largest absolute Gasteiger partial charge is 0.494 e. The standard InChI is InChI=1S/C22H25FN4O/c1-3-15-10-19(5-6-20(15)16-12-24-25-13-16)27-9-8-18(14-27)26-17-4-7-21(23)22(11-17)28-2/h4-7,10-13,18,26H,3,8-9,14H2,1-2H3,(H,24,25). The van der Waals surface area contributed by atoms with Crippen LogP contribution in [0.15, 0.2) is 48.8 Å². The lowest BCUT2D eigenvalue weighted by Gasteiger charge is -2.21. The van der Waals surface area contributed by atoms with Crippen molar-refractivity contribution in [3.05, 3.63) is 60.2 Å². The van der Waals surface area contributed by atoms with Crippen molar-refractivity contribution in [2.75, 3.05) is 30.4 Å². The third kappa shape index (κ3) is 3.67. The maximum atomic E-state index is 13.6. The van der Waals surface area contributed by atoms with Crippen LogP contribution in [0.2, 0.25) is 0 Å². The Hall–Kier alpha value is -3.02. The summed E-state index contributed by atoms with van der Waals surface area (Å²) in [5.41, 5.74) is 5.79. The molecular formula is C22H25FN4O. The number of hydrogen-bond acceptors (Lipinski definition) is 4. The van der Waals surface area contributed by atoms with E-state index in [0.29, 0.717) is 6.04 Å². The quantitative estimate of drug-likeness (QED) is 0.662. The molecule has 1 unspecified atom stereocenters. The van der Waals surface area contributed by atoms with Crippen LogP contribution >= 0.6 is 0 Å². The van der Waals surface area contributed by atoms with Gasteiger partial charge >= 0.3 is 0 Å². The number of rotatable bonds is 6. The highest BCUT2D eigenvalue weighted by atomic mass is 19.1. The van der Waals surface area contributed by atoms with Crippen LogP contribution in [0.1, 0.15) is 18.9 Å². The van der Waals surface area contributed by atoms with Crippen LogP contribution < -0.4 is 15.0 Å². The van der Waals surface area contributed by atoms with Gasteiger partial charge in [-0.15, -0.1) is 0 Å². The van der Waals surface area contributed by atoms with Gasteiger partial charge in [-0.1, -0.05) is 13.0 Å². The number of H-pyrrole nitrogens is 1. The zero-order valence-corrected chi connectivity index (χ0v) is 16.2. The molecule has 1 aliphatic rings. The summed E-state index contributed by atoms with van der Waals surface area (Å²) < 4.78 is 18.7. The Morgan fingerprint density at radius 2 is 2.18 bits per heavy atom. The first-order valence-electron chi connectivity index (χ1n) is 9.65. The molecule has 1 saturated heterocycles. The van der Waals surface area contributed by atoms with Crippen molar-refractivity contribution in [3.63, 3.8) is 0 Å². The smallest absolute Gasteiger partial charge is 0.165 e. The third-order valence-corrected chi connectivity index (χ3v) is 5.35. The molecule has 4 rings (SSSR count). The normalized spacial score (nSPS) is 16.4. The first-order valence-corrected chi connectivity index (χ1v) is 9.65. The number of aryl methyl sites for hydroxylation is 1. The van der Waals surface area contributed by atoms with Crippen LogP contribution in [0.4, 0.5) is 15.8 Å². The number of ether oxygens (including phenoxy) is 1. The molecule has 1 aromatic heterocycles. The van der Waals surface area contributed by atoms with E-state index in [-0.39, 0.29) is 11.6 Å². The summed E-state index contributed by atoms with van der Waals surface area (Å²) in [5, 5.41) is 10.5.